The summed E-state index contributed by atoms with van der Waals surface area (Å²) in [6, 6.07) is 0. The lowest BCUT2D eigenvalue weighted by Crippen LogP contribution is -2.11. The Kier molecular flexibility index (Phi) is 7.14. The van der Waals surface area contributed by atoms with Crippen molar-refractivity contribution in [2.45, 2.75) is 41.5 Å². The Labute approximate surface area is 107 Å². The van der Waals surface area contributed by atoms with Crippen molar-refractivity contribution in [3.63, 3.8) is 0 Å². The van der Waals surface area contributed by atoms with Gasteiger partial charge in [-0.15, -0.1) is 0 Å². The van der Waals surface area contributed by atoms with Crippen LogP contribution in [-0.4, -0.2) is 7.05 Å². The molecule has 0 aliphatic heterocycles. The second-order valence-electron chi connectivity index (χ2n) is 4.26. The van der Waals surface area contributed by atoms with Crippen molar-refractivity contribution in [1.29, 1.82) is 0 Å². The van der Waals surface area contributed by atoms with E-state index < -0.39 is 0 Å². The Balaban J connectivity index is 5.38. The zero-order valence-electron chi connectivity index (χ0n) is 12.2. The van der Waals surface area contributed by atoms with Crippen molar-refractivity contribution >= 4 is 0 Å². The van der Waals surface area contributed by atoms with Crippen LogP contribution in [-0.2, 0) is 0 Å². The molecular weight excluding hydrogens is 206 g/mol. The lowest BCUT2D eigenvalue weighted by Gasteiger charge is -2.15. The van der Waals surface area contributed by atoms with Crippen LogP contribution in [0.5, 0.6) is 0 Å². The Hall–Kier alpha value is -1.42. The summed E-state index contributed by atoms with van der Waals surface area (Å²) in [5.74, 6) is 6.78. The van der Waals surface area contributed by atoms with Crippen molar-refractivity contribution in [3.05, 3.63) is 34.6 Å². The highest BCUT2D eigenvalue weighted by Crippen LogP contribution is 2.21. The van der Waals surface area contributed by atoms with Gasteiger partial charge in [-0.25, -0.2) is 0 Å². The molecule has 0 fully saturated rings. The minimum atomic E-state index is 0.211. The third-order valence-electron chi connectivity index (χ3n) is 3.16. The zero-order valence-corrected chi connectivity index (χ0v) is 12.2. The second-order valence-corrected chi connectivity index (χ2v) is 4.26. The van der Waals surface area contributed by atoms with Gasteiger partial charge >= 0.3 is 0 Å². The highest BCUT2D eigenvalue weighted by molar-refractivity contribution is 5.36. The van der Waals surface area contributed by atoms with Gasteiger partial charge in [0.05, 0.1) is 5.92 Å². The van der Waals surface area contributed by atoms with E-state index in [1.165, 1.54) is 16.8 Å². The molecule has 0 aliphatic rings. The predicted octanol–water partition coefficient (Wildman–Crippen LogP) is 4.05. The van der Waals surface area contributed by atoms with Crippen LogP contribution >= 0.6 is 0 Å². The van der Waals surface area contributed by atoms with E-state index in [1.807, 2.05) is 27.0 Å². The average Bonchev–Trinajstić information content (AvgIpc) is 2.36. The first-order valence-corrected chi connectivity index (χ1v) is 6.10. The molecule has 1 heteroatoms. The Morgan fingerprint density at radius 3 is 2.06 bits per heavy atom. The largest absolute Gasteiger partial charge is 0.392 e. The standard InChI is InChI=1S/C16H25N/c1-8-12(3)10-11-16(13(4)9-2)14(5)15(6)17-7/h8-9,16-17H,1-7H3/b12-8-,13-9+,15-14+. The maximum atomic E-state index is 3.35. The fourth-order valence-corrected chi connectivity index (χ4v) is 1.40. The second kappa shape index (κ2) is 7.79. The van der Waals surface area contributed by atoms with Crippen molar-refractivity contribution in [3.8, 4) is 11.8 Å². The number of hydrogen-bond donors (Lipinski definition) is 1. The Morgan fingerprint density at radius 2 is 1.65 bits per heavy atom. The molecule has 0 amide bonds. The van der Waals surface area contributed by atoms with E-state index in [0.717, 1.165) is 5.57 Å². The third kappa shape index (κ3) is 4.95. The van der Waals surface area contributed by atoms with Gasteiger partial charge in [0.1, 0.15) is 0 Å². The molecule has 0 heterocycles. The van der Waals surface area contributed by atoms with Crippen LogP contribution in [0.15, 0.2) is 34.6 Å². The van der Waals surface area contributed by atoms with Gasteiger partial charge in [-0.3, -0.25) is 0 Å². The summed E-state index contributed by atoms with van der Waals surface area (Å²) in [6.07, 6.45) is 4.18. The highest BCUT2D eigenvalue weighted by Gasteiger charge is 2.11. The van der Waals surface area contributed by atoms with Crippen molar-refractivity contribution in [1.82, 2.24) is 5.32 Å². The Bertz CT molecular complexity index is 397. The molecule has 0 spiro atoms. The van der Waals surface area contributed by atoms with Crippen LogP contribution in [0, 0.1) is 17.8 Å². The van der Waals surface area contributed by atoms with Gasteiger partial charge < -0.3 is 5.32 Å². The summed E-state index contributed by atoms with van der Waals surface area (Å²) in [4.78, 5) is 0. The summed E-state index contributed by atoms with van der Waals surface area (Å²) < 4.78 is 0. The molecule has 0 saturated carbocycles. The molecule has 0 aromatic heterocycles. The molecule has 0 radical (unpaired) electrons. The number of allylic oxidation sites excluding steroid dienone is 6. The average molecular weight is 231 g/mol. The van der Waals surface area contributed by atoms with Gasteiger partial charge in [0.15, 0.2) is 0 Å². The van der Waals surface area contributed by atoms with E-state index >= 15 is 0 Å². The van der Waals surface area contributed by atoms with Crippen LogP contribution in [0.2, 0.25) is 0 Å². The molecule has 1 N–H and O–H groups in total. The molecule has 0 aromatic rings. The van der Waals surface area contributed by atoms with Crippen molar-refractivity contribution in [2.24, 2.45) is 5.92 Å². The molecule has 1 atom stereocenters. The fraction of sp³-hybridized carbons (Fsp3) is 0.500. The number of nitrogens with one attached hydrogen (secondary N) is 1. The summed E-state index contributed by atoms with van der Waals surface area (Å²) in [5, 5.41) is 3.20. The predicted molar refractivity (Wildman–Crippen MR) is 77.6 cm³/mol. The van der Waals surface area contributed by atoms with Gasteiger partial charge in [0, 0.05) is 12.7 Å². The first-order chi connectivity index (χ1) is 7.97. The SMILES string of the molecule is C/C=C(/C)C#CC(/C(C)=C/C)/C(C)=C(\C)NC. The number of hydrogen-bond acceptors (Lipinski definition) is 1. The minimum absolute atomic E-state index is 0.211. The van der Waals surface area contributed by atoms with Crippen LogP contribution in [0.25, 0.3) is 0 Å². The lowest BCUT2D eigenvalue weighted by atomic mass is 9.91. The van der Waals surface area contributed by atoms with Gasteiger partial charge in [-0.1, -0.05) is 29.6 Å². The van der Waals surface area contributed by atoms with Crippen LogP contribution < -0.4 is 5.32 Å². The maximum Gasteiger partial charge on any atom is 0.0639 e. The molecule has 94 valence electrons. The van der Waals surface area contributed by atoms with Crippen LogP contribution in [0.3, 0.4) is 0 Å². The molecule has 0 bridgehead atoms. The van der Waals surface area contributed by atoms with Crippen molar-refractivity contribution < 1.29 is 0 Å². The van der Waals surface area contributed by atoms with E-state index in [4.69, 9.17) is 0 Å². The van der Waals surface area contributed by atoms with Crippen molar-refractivity contribution in [2.75, 3.05) is 7.05 Å². The minimum Gasteiger partial charge on any atom is -0.392 e. The maximum absolute atomic E-state index is 3.35. The lowest BCUT2D eigenvalue weighted by molar-refractivity contribution is 0.849. The molecule has 0 saturated heterocycles. The van der Waals surface area contributed by atoms with Gasteiger partial charge in [-0.05, 0) is 52.7 Å². The monoisotopic (exact) mass is 231 g/mol. The first kappa shape index (κ1) is 15.6. The highest BCUT2D eigenvalue weighted by atomic mass is 14.8. The van der Waals surface area contributed by atoms with E-state index in [2.05, 4.69) is 50.9 Å². The van der Waals surface area contributed by atoms with Gasteiger partial charge in [-0.2, -0.15) is 0 Å². The summed E-state index contributed by atoms with van der Waals surface area (Å²) in [6.45, 7) is 12.5. The fourth-order valence-electron chi connectivity index (χ4n) is 1.40. The molecule has 0 aromatic carbocycles. The molecule has 0 rings (SSSR count). The Morgan fingerprint density at radius 1 is 1.06 bits per heavy atom. The summed E-state index contributed by atoms with van der Waals surface area (Å²) in [5.41, 5.74) is 4.91. The molecule has 0 aliphatic carbocycles. The van der Waals surface area contributed by atoms with Crippen LogP contribution in [0.1, 0.15) is 41.5 Å². The van der Waals surface area contributed by atoms with E-state index in [1.54, 1.807) is 0 Å². The summed E-state index contributed by atoms with van der Waals surface area (Å²) in [7, 11) is 1.95. The van der Waals surface area contributed by atoms with E-state index in [0.29, 0.717) is 0 Å². The van der Waals surface area contributed by atoms with E-state index in [9.17, 15) is 0 Å². The molecular formula is C16H25N. The zero-order chi connectivity index (χ0) is 13.4. The summed E-state index contributed by atoms with van der Waals surface area (Å²) >= 11 is 0. The molecule has 17 heavy (non-hydrogen) atoms. The first-order valence-electron chi connectivity index (χ1n) is 6.10. The quantitative estimate of drug-likeness (QED) is 0.570. The molecule has 1 nitrogen and oxygen atoms in total. The smallest absolute Gasteiger partial charge is 0.0639 e. The van der Waals surface area contributed by atoms with E-state index in [-0.39, 0.29) is 5.92 Å². The molecule has 1 unspecified atom stereocenters. The topological polar surface area (TPSA) is 12.0 Å². The van der Waals surface area contributed by atoms with Crippen LogP contribution in [0.4, 0.5) is 0 Å². The van der Waals surface area contributed by atoms with Gasteiger partial charge in [0.2, 0.25) is 0 Å². The third-order valence-corrected chi connectivity index (χ3v) is 3.16. The normalized spacial score (nSPS) is 15.7. The number of rotatable bonds is 3. The van der Waals surface area contributed by atoms with Gasteiger partial charge in [0.25, 0.3) is 0 Å².